The van der Waals surface area contributed by atoms with Crippen LogP contribution >= 0.6 is 23.4 Å². The van der Waals surface area contributed by atoms with Crippen LogP contribution in [0.2, 0.25) is 5.02 Å². The van der Waals surface area contributed by atoms with E-state index in [4.69, 9.17) is 11.6 Å². The van der Waals surface area contributed by atoms with Gasteiger partial charge < -0.3 is 5.32 Å². The quantitative estimate of drug-likeness (QED) is 0.437. The number of hydrogen-bond acceptors (Lipinski definition) is 5. The van der Waals surface area contributed by atoms with E-state index in [1.54, 1.807) is 23.0 Å². The van der Waals surface area contributed by atoms with Gasteiger partial charge in [-0.1, -0.05) is 29.4 Å². The highest BCUT2D eigenvalue weighted by Crippen LogP contribution is 2.25. The van der Waals surface area contributed by atoms with Gasteiger partial charge in [0.25, 0.3) is 0 Å². The average Bonchev–Trinajstić information content (AvgIpc) is 3.28. The van der Waals surface area contributed by atoms with Crippen molar-refractivity contribution in [2.24, 2.45) is 0 Å². The number of allylic oxidation sites excluding steroid dienone is 1. The fraction of sp³-hybridized carbons (Fsp3) is 0.263. The van der Waals surface area contributed by atoms with Crippen molar-refractivity contribution in [2.45, 2.75) is 31.6 Å². The third-order valence-electron chi connectivity index (χ3n) is 3.89. The lowest BCUT2D eigenvalue weighted by atomic mass is 10.2. The van der Waals surface area contributed by atoms with E-state index in [9.17, 15) is 4.79 Å². The Morgan fingerprint density at radius 1 is 1.29 bits per heavy atom. The molecule has 1 aromatic carbocycles. The van der Waals surface area contributed by atoms with Gasteiger partial charge in [0, 0.05) is 29.2 Å². The Morgan fingerprint density at radius 3 is 2.71 bits per heavy atom. The van der Waals surface area contributed by atoms with Gasteiger partial charge in [0.2, 0.25) is 5.91 Å². The number of aromatic nitrogens is 5. The van der Waals surface area contributed by atoms with Crippen molar-refractivity contribution in [1.29, 1.82) is 0 Å². The zero-order chi connectivity index (χ0) is 20.1. The maximum absolute atomic E-state index is 12.4. The number of anilines is 1. The number of carbonyl (C=O) groups is 1. The van der Waals surface area contributed by atoms with Crippen molar-refractivity contribution in [3.05, 3.63) is 54.2 Å². The summed E-state index contributed by atoms with van der Waals surface area (Å²) < 4.78 is 3.69. The molecule has 1 amide bonds. The molecule has 3 aromatic rings. The first-order chi connectivity index (χ1) is 13.5. The Labute approximate surface area is 172 Å². The van der Waals surface area contributed by atoms with Gasteiger partial charge in [-0.3, -0.25) is 9.36 Å². The summed E-state index contributed by atoms with van der Waals surface area (Å²) in [7, 11) is 0. The monoisotopic (exact) mass is 416 g/mol. The first-order valence-electron chi connectivity index (χ1n) is 8.75. The Hall–Kier alpha value is -2.58. The molecule has 9 heteroatoms. The van der Waals surface area contributed by atoms with Crippen LogP contribution in [-0.2, 0) is 11.3 Å². The van der Waals surface area contributed by atoms with Crippen molar-refractivity contribution in [1.82, 2.24) is 24.5 Å². The zero-order valence-corrected chi connectivity index (χ0v) is 17.2. The lowest BCUT2D eigenvalue weighted by Gasteiger charge is -2.12. The van der Waals surface area contributed by atoms with Crippen molar-refractivity contribution in [3.8, 4) is 11.4 Å². The zero-order valence-electron chi connectivity index (χ0n) is 15.7. The van der Waals surface area contributed by atoms with Crippen molar-refractivity contribution in [3.63, 3.8) is 0 Å². The minimum Gasteiger partial charge on any atom is -0.310 e. The van der Waals surface area contributed by atoms with E-state index >= 15 is 0 Å². The number of thioether (sulfide) groups is 1. The highest BCUT2D eigenvalue weighted by Gasteiger charge is 2.16. The smallest absolute Gasteiger partial charge is 0.235 e. The fourth-order valence-corrected chi connectivity index (χ4v) is 3.51. The van der Waals surface area contributed by atoms with Gasteiger partial charge in [0.15, 0.2) is 11.0 Å². The second kappa shape index (κ2) is 9.07. The van der Waals surface area contributed by atoms with E-state index in [-0.39, 0.29) is 17.7 Å². The molecule has 0 atom stereocenters. The highest BCUT2D eigenvalue weighted by atomic mass is 35.5. The normalized spacial score (nSPS) is 11.0. The van der Waals surface area contributed by atoms with Gasteiger partial charge in [-0.25, -0.2) is 4.68 Å². The van der Waals surface area contributed by atoms with Crippen LogP contribution in [0.5, 0.6) is 0 Å². The number of amides is 1. The Bertz CT molecular complexity index is 963. The van der Waals surface area contributed by atoms with Crippen LogP contribution in [0.15, 0.2) is 54.3 Å². The summed E-state index contributed by atoms with van der Waals surface area (Å²) in [6.45, 7) is 8.35. The molecule has 2 heterocycles. The number of rotatable bonds is 8. The molecular formula is C19H21ClN6OS. The van der Waals surface area contributed by atoms with Crippen LogP contribution < -0.4 is 5.32 Å². The molecule has 2 aromatic heterocycles. The minimum absolute atomic E-state index is 0.131. The Morgan fingerprint density at radius 2 is 2.04 bits per heavy atom. The summed E-state index contributed by atoms with van der Waals surface area (Å²) in [5.41, 5.74) is 0.899. The summed E-state index contributed by atoms with van der Waals surface area (Å²) in [6, 6.07) is 9.33. The van der Waals surface area contributed by atoms with Gasteiger partial charge in [-0.05, 0) is 38.1 Å². The van der Waals surface area contributed by atoms with E-state index in [1.165, 1.54) is 11.8 Å². The number of hydrogen-bond donors (Lipinski definition) is 1. The van der Waals surface area contributed by atoms with Gasteiger partial charge >= 0.3 is 0 Å². The molecule has 3 rings (SSSR count). The molecule has 0 spiro atoms. The van der Waals surface area contributed by atoms with Crippen LogP contribution in [0, 0.1) is 0 Å². The van der Waals surface area contributed by atoms with Crippen molar-refractivity contribution < 1.29 is 4.79 Å². The molecule has 0 aliphatic heterocycles. The lowest BCUT2D eigenvalue weighted by Crippen LogP contribution is -2.18. The molecule has 0 saturated carbocycles. The first kappa shape index (κ1) is 20.2. The van der Waals surface area contributed by atoms with E-state index in [2.05, 4.69) is 27.2 Å². The van der Waals surface area contributed by atoms with E-state index < -0.39 is 0 Å². The highest BCUT2D eigenvalue weighted by molar-refractivity contribution is 7.99. The largest absolute Gasteiger partial charge is 0.310 e. The molecule has 28 heavy (non-hydrogen) atoms. The lowest BCUT2D eigenvalue weighted by molar-refractivity contribution is -0.113. The molecule has 0 radical (unpaired) electrons. The fourth-order valence-electron chi connectivity index (χ4n) is 2.64. The number of halogens is 1. The second-order valence-electron chi connectivity index (χ2n) is 6.30. The standard InChI is InChI=1S/C19H21ClN6OS/c1-4-11-25-18(14-5-7-15(20)8-6-14)23-24-19(25)28-12-17(27)22-16-9-10-21-26(16)13(2)3/h4-10,13H,1,11-12H2,2-3H3,(H,22,27). The number of benzene rings is 1. The summed E-state index contributed by atoms with van der Waals surface area (Å²) in [5.74, 6) is 1.46. The number of carbonyl (C=O) groups excluding carboxylic acids is 1. The Balaban J connectivity index is 1.71. The average molecular weight is 417 g/mol. The SMILES string of the molecule is C=CCn1c(SCC(=O)Nc2ccnn2C(C)C)nnc1-c1ccc(Cl)cc1. The molecule has 146 valence electrons. The predicted molar refractivity (Wildman–Crippen MR) is 113 cm³/mol. The van der Waals surface area contributed by atoms with Gasteiger partial charge in [0.05, 0.1) is 11.9 Å². The van der Waals surface area contributed by atoms with Crippen LogP contribution in [0.1, 0.15) is 19.9 Å². The second-order valence-corrected chi connectivity index (χ2v) is 7.68. The third kappa shape index (κ3) is 4.63. The maximum Gasteiger partial charge on any atom is 0.235 e. The van der Waals surface area contributed by atoms with Crippen LogP contribution in [0.25, 0.3) is 11.4 Å². The summed E-state index contributed by atoms with van der Waals surface area (Å²) in [4.78, 5) is 12.4. The molecular weight excluding hydrogens is 396 g/mol. The molecule has 0 unspecified atom stereocenters. The molecule has 0 bridgehead atoms. The number of nitrogens with zero attached hydrogens (tertiary/aromatic N) is 5. The van der Waals surface area contributed by atoms with Gasteiger partial charge in [0.1, 0.15) is 5.82 Å². The molecule has 0 saturated heterocycles. The molecule has 0 aliphatic carbocycles. The topological polar surface area (TPSA) is 77.6 Å². The maximum atomic E-state index is 12.4. The van der Waals surface area contributed by atoms with Crippen molar-refractivity contribution in [2.75, 3.05) is 11.1 Å². The molecule has 0 fully saturated rings. The summed E-state index contributed by atoms with van der Waals surface area (Å²) in [6.07, 6.45) is 3.44. The third-order valence-corrected chi connectivity index (χ3v) is 5.11. The predicted octanol–water partition coefficient (Wildman–Crippen LogP) is 4.29. The van der Waals surface area contributed by atoms with Crippen LogP contribution in [0.4, 0.5) is 5.82 Å². The van der Waals surface area contributed by atoms with E-state index in [0.29, 0.717) is 28.4 Å². The summed E-state index contributed by atoms with van der Waals surface area (Å²) in [5, 5.41) is 16.9. The van der Waals surface area contributed by atoms with E-state index in [1.807, 2.05) is 42.7 Å². The van der Waals surface area contributed by atoms with Crippen LogP contribution in [-0.4, -0.2) is 36.2 Å². The minimum atomic E-state index is -0.131. The van der Waals surface area contributed by atoms with E-state index in [0.717, 1.165) is 5.56 Å². The molecule has 1 N–H and O–H groups in total. The molecule has 0 aliphatic rings. The molecule has 7 nitrogen and oxygen atoms in total. The van der Waals surface area contributed by atoms with Gasteiger partial charge in [-0.15, -0.1) is 16.8 Å². The van der Waals surface area contributed by atoms with Crippen molar-refractivity contribution >= 4 is 35.1 Å². The van der Waals surface area contributed by atoms with Gasteiger partial charge in [-0.2, -0.15) is 5.10 Å². The Kier molecular flexibility index (Phi) is 6.53. The van der Waals surface area contributed by atoms with Crippen LogP contribution in [0.3, 0.4) is 0 Å². The number of nitrogens with one attached hydrogen (secondary N) is 1. The summed E-state index contributed by atoms with van der Waals surface area (Å²) >= 11 is 7.29. The first-order valence-corrected chi connectivity index (χ1v) is 10.1.